The number of hydrogen-bond donors (Lipinski definition) is 1. The summed E-state index contributed by atoms with van der Waals surface area (Å²) in [5.41, 5.74) is 3.62. The van der Waals surface area contributed by atoms with E-state index in [1.807, 2.05) is 6.07 Å². The van der Waals surface area contributed by atoms with E-state index in [1.165, 1.54) is 11.1 Å². The Labute approximate surface area is 115 Å². The van der Waals surface area contributed by atoms with Crippen molar-refractivity contribution < 1.29 is 8.42 Å². The van der Waals surface area contributed by atoms with Gasteiger partial charge in [0.2, 0.25) is 0 Å². The van der Waals surface area contributed by atoms with Gasteiger partial charge in [-0.05, 0) is 61.4 Å². The third-order valence-corrected chi connectivity index (χ3v) is 6.14. The Morgan fingerprint density at radius 1 is 1.21 bits per heavy atom. The number of benzene rings is 1. The number of sulfone groups is 1. The summed E-state index contributed by atoms with van der Waals surface area (Å²) in [6.07, 6.45) is 4.95. The van der Waals surface area contributed by atoms with Crippen LogP contribution in [0.4, 0.5) is 0 Å². The standard InChI is InChI=1S/C15H21NO2S/c1-2-16-14-7-4-8-19(17,18)15-10-12-6-3-5-11(12)9-13(14)15/h9-10,14,16H,2-8H2,1H3. The normalized spacial score (nSPS) is 24.6. The Balaban J connectivity index is 2.17. The van der Waals surface area contributed by atoms with E-state index in [9.17, 15) is 8.42 Å². The van der Waals surface area contributed by atoms with Crippen LogP contribution in [-0.4, -0.2) is 20.7 Å². The molecule has 1 N–H and O–H groups in total. The van der Waals surface area contributed by atoms with E-state index in [2.05, 4.69) is 18.3 Å². The van der Waals surface area contributed by atoms with E-state index in [0.29, 0.717) is 10.6 Å². The highest BCUT2D eigenvalue weighted by molar-refractivity contribution is 7.91. The highest BCUT2D eigenvalue weighted by atomic mass is 32.2. The predicted molar refractivity (Wildman–Crippen MR) is 76.2 cm³/mol. The first-order valence-electron chi connectivity index (χ1n) is 7.23. The van der Waals surface area contributed by atoms with Crippen LogP contribution in [0.25, 0.3) is 0 Å². The molecule has 1 aromatic carbocycles. The minimum absolute atomic E-state index is 0.197. The second kappa shape index (κ2) is 4.91. The number of aryl methyl sites for hydroxylation is 2. The van der Waals surface area contributed by atoms with E-state index in [0.717, 1.165) is 44.2 Å². The molecule has 0 saturated heterocycles. The molecule has 1 unspecified atom stereocenters. The summed E-state index contributed by atoms with van der Waals surface area (Å²) in [4.78, 5) is 0.594. The zero-order valence-corrected chi connectivity index (χ0v) is 12.2. The smallest absolute Gasteiger partial charge is 0.178 e. The molecule has 3 nitrogen and oxygen atoms in total. The first-order valence-corrected chi connectivity index (χ1v) is 8.89. The minimum Gasteiger partial charge on any atom is -0.310 e. The van der Waals surface area contributed by atoms with Gasteiger partial charge in [0.15, 0.2) is 9.84 Å². The second-order valence-corrected chi connectivity index (χ2v) is 7.66. The van der Waals surface area contributed by atoms with Crippen LogP contribution in [0.2, 0.25) is 0 Å². The number of rotatable bonds is 2. The zero-order chi connectivity index (χ0) is 13.5. The molecular weight excluding hydrogens is 258 g/mol. The van der Waals surface area contributed by atoms with E-state index in [-0.39, 0.29) is 6.04 Å². The maximum absolute atomic E-state index is 12.4. The van der Waals surface area contributed by atoms with Crippen LogP contribution in [0.1, 0.15) is 48.9 Å². The maximum atomic E-state index is 12.4. The van der Waals surface area contributed by atoms with E-state index in [1.54, 1.807) is 0 Å². The van der Waals surface area contributed by atoms with Crippen LogP contribution in [0.5, 0.6) is 0 Å². The van der Waals surface area contributed by atoms with Gasteiger partial charge in [-0.2, -0.15) is 0 Å². The Bertz CT molecular complexity index is 592. The van der Waals surface area contributed by atoms with Crippen molar-refractivity contribution in [2.24, 2.45) is 0 Å². The molecule has 19 heavy (non-hydrogen) atoms. The molecule has 0 bridgehead atoms. The molecule has 1 atom stereocenters. The van der Waals surface area contributed by atoms with E-state index in [4.69, 9.17) is 0 Å². The maximum Gasteiger partial charge on any atom is 0.178 e. The molecule has 104 valence electrons. The third kappa shape index (κ3) is 2.32. The van der Waals surface area contributed by atoms with Gasteiger partial charge in [0.1, 0.15) is 0 Å². The largest absolute Gasteiger partial charge is 0.310 e. The lowest BCUT2D eigenvalue weighted by Crippen LogP contribution is -2.21. The van der Waals surface area contributed by atoms with Gasteiger partial charge in [-0.1, -0.05) is 13.0 Å². The van der Waals surface area contributed by atoms with E-state index < -0.39 is 9.84 Å². The SMILES string of the molecule is CCNC1CCCS(=O)(=O)c2cc3c(cc21)CCC3. The van der Waals surface area contributed by atoms with Crippen LogP contribution in [0.3, 0.4) is 0 Å². The van der Waals surface area contributed by atoms with Crippen molar-refractivity contribution in [2.45, 2.75) is 50.0 Å². The molecule has 0 spiro atoms. The predicted octanol–water partition coefficient (Wildman–Crippen LogP) is 2.39. The fraction of sp³-hybridized carbons (Fsp3) is 0.600. The van der Waals surface area contributed by atoms with Crippen molar-refractivity contribution in [3.63, 3.8) is 0 Å². The number of nitrogens with one attached hydrogen (secondary N) is 1. The fourth-order valence-electron chi connectivity index (χ4n) is 3.36. The molecular formula is C15H21NO2S. The fourth-order valence-corrected chi connectivity index (χ4v) is 5.01. The Hall–Kier alpha value is -0.870. The molecule has 1 aliphatic carbocycles. The molecule has 3 rings (SSSR count). The molecule has 0 saturated carbocycles. The van der Waals surface area contributed by atoms with Crippen molar-refractivity contribution in [1.82, 2.24) is 5.32 Å². The summed E-state index contributed by atoms with van der Waals surface area (Å²) in [6.45, 7) is 2.95. The molecule has 4 heteroatoms. The molecule has 1 aromatic rings. The third-order valence-electron chi connectivity index (χ3n) is 4.29. The van der Waals surface area contributed by atoms with Gasteiger partial charge in [0.05, 0.1) is 10.6 Å². The molecule has 0 fully saturated rings. The summed E-state index contributed by atoms with van der Waals surface area (Å²) >= 11 is 0. The summed E-state index contributed by atoms with van der Waals surface area (Å²) in [5, 5.41) is 3.45. The Morgan fingerprint density at radius 2 is 1.95 bits per heavy atom. The second-order valence-electron chi connectivity index (χ2n) is 5.58. The molecule has 0 aromatic heterocycles. The quantitative estimate of drug-likeness (QED) is 0.904. The summed E-state index contributed by atoms with van der Waals surface area (Å²) in [6, 6.07) is 4.32. The summed E-state index contributed by atoms with van der Waals surface area (Å²) in [5.74, 6) is 0.292. The zero-order valence-electron chi connectivity index (χ0n) is 11.4. The van der Waals surface area contributed by atoms with Crippen molar-refractivity contribution in [2.75, 3.05) is 12.3 Å². The lowest BCUT2D eigenvalue weighted by Gasteiger charge is -2.19. The van der Waals surface area contributed by atoms with E-state index >= 15 is 0 Å². The van der Waals surface area contributed by atoms with Gasteiger partial charge < -0.3 is 5.32 Å². The van der Waals surface area contributed by atoms with Crippen molar-refractivity contribution >= 4 is 9.84 Å². The highest BCUT2D eigenvalue weighted by Gasteiger charge is 2.29. The average molecular weight is 279 g/mol. The van der Waals surface area contributed by atoms with Crippen molar-refractivity contribution in [1.29, 1.82) is 0 Å². The highest BCUT2D eigenvalue weighted by Crippen LogP contribution is 2.35. The lowest BCUT2D eigenvalue weighted by molar-refractivity contribution is 0.508. The van der Waals surface area contributed by atoms with Crippen LogP contribution < -0.4 is 5.32 Å². The van der Waals surface area contributed by atoms with Gasteiger partial charge in [0.25, 0.3) is 0 Å². The number of fused-ring (bicyclic) bond motifs is 2. The average Bonchev–Trinajstić information content (AvgIpc) is 2.78. The van der Waals surface area contributed by atoms with Crippen LogP contribution in [-0.2, 0) is 22.7 Å². The lowest BCUT2D eigenvalue weighted by atomic mass is 9.98. The van der Waals surface area contributed by atoms with Gasteiger partial charge in [0, 0.05) is 6.04 Å². The molecule has 1 aliphatic heterocycles. The Morgan fingerprint density at radius 3 is 2.68 bits per heavy atom. The van der Waals surface area contributed by atoms with Gasteiger partial charge in [-0.15, -0.1) is 0 Å². The summed E-state index contributed by atoms with van der Waals surface area (Å²) < 4.78 is 24.8. The van der Waals surface area contributed by atoms with Gasteiger partial charge >= 0.3 is 0 Å². The first kappa shape index (κ1) is 13.1. The van der Waals surface area contributed by atoms with Crippen LogP contribution >= 0.6 is 0 Å². The molecule has 2 aliphatic rings. The van der Waals surface area contributed by atoms with Crippen LogP contribution in [0.15, 0.2) is 17.0 Å². The number of hydrogen-bond acceptors (Lipinski definition) is 3. The van der Waals surface area contributed by atoms with Gasteiger partial charge in [-0.25, -0.2) is 8.42 Å². The monoisotopic (exact) mass is 279 g/mol. The molecule has 0 amide bonds. The topological polar surface area (TPSA) is 46.2 Å². The van der Waals surface area contributed by atoms with Gasteiger partial charge in [-0.3, -0.25) is 0 Å². The van der Waals surface area contributed by atoms with Crippen LogP contribution in [0, 0.1) is 0 Å². The Kier molecular flexibility index (Phi) is 3.39. The van der Waals surface area contributed by atoms with Crippen molar-refractivity contribution in [3.8, 4) is 0 Å². The minimum atomic E-state index is -3.09. The first-order chi connectivity index (χ1) is 9.12. The summed E-state index contributed by atoms with van der Waals surface area (Å²) in [7, 11) is -3.09. The van der Waals surface area contributed by atoms with Crippen molar-refractivity contribution in [3.05, 3.63) is 28.8 Å². The molecule has 0 radical (unpaired) electrons. The molecule has 1 heterocycles.